The molecule has 1 atom stereocenters. The van der Waals surface area contributed by atoms with Crippen LogP contribution in [0.1, 0.15) is 34.3 Å². The first-order valence-corrected chi connectivity index (χ1v) is 8.94. The van der Waals surface area contributed by atoms with E-state index in [-0.39, 0.29) is 30.6 Å². The van der Waals surface area contributed by atoms with Crippen molar-refractivity contribution in [1.82, 2.24) is 4.90 Å². The minimum Gasteiger partial charge on any atom is -0.322 e. The van der Waals surface area contributed by atoms with Gasteiger partial charge >= 0.3 is 0 Å². The molecule has 138 valence electrons. The van der Waals surface area contributed by atoms with Gasteiger partial charge in [-0.1, -0.05) is 18.2 Å². The standard InChI is InChI=1S/C21H21N3O3/c1-13-10-14(2)12-15(11-13)22-20(27)21-9-8-18(25)24(21)17-7-5-4-6-16(17)19(26)23(21)3/h4-7,10-12H,8-9H2,1-3H3,(H,22,27). The second-order valence-electron chi connectivity index (χ2n) is 7.26. The van der Waals surface area contributed by atoms with Gasteiger partial charge in [-0.3, -0.25) is 19.3 Å². The van der Waals surface area contributed by atoms with Crippen molar-refractivity contribution in [1.29, 1.82) is 0 Å². The van der Waals surface area contributed by atoms with E-state index < -0.39 is 5.66 Å². The van der Waals surface area contributed by atoms with E-state index >= 15 is 0 Å². The van der Waals surface area contributed by atoms with Crippen molar-refractivity contribution >= 4 is 29.1 Å². The van der Waals surface area contributed by atoms with Gasteiger partial charge in [-0.25, -0.2) is 0 Å². The first-order valence-electron chi connectivity index (χ1n) is 8.94. The van der Waals surface area contributed by atoms with E-state index in [1.165, 1.54) is 9.80 Å². The fraction of sp³-hybridized carbons (Fsp3) is 0.286. The highest BCUT2D eigenvalue weighted by atomic mass is 16.2. The predicted octanol–water partition coefficient (Wildman–Crippen LogP) is 2.85. The Kier molecular flexibility index (Phi) is 3.80. The topological polar surface area (TPSA) is 69.7 Å². The van der Waals surface area contributed by atoms with E-state index in [0.29, 0.717) is 16.9 Å². The van der Waals surface area contributed by atoms with E-state index in [1.807, 2.05) is 32.0 Å². The summed E-state index contributed by atoms with van der Waals surface area (Å²) in [5.74, 6) is -0.784. The van der Waals surface area contributed by atoms with E-state index in [9.17, 15) is 14.4 Å². The number of carbonyl (C=O) groups is 3. The molecule has 0 aliphatic carbocycles. The van der Waals surface area contributed by atoms with Gasteiger partial charge in [-0.05, 0) is 49.2 Å². The summed E-state index contributed by atoms with van der Waals surface area (Å²) in [6.07, 6.45) is 0.477. The van der Waals surface area contributed by atoms with E-state index in [1.54, 1.807) is 31.3 Å². The third kappa shape index (κ3) is 2.44. The first kappa shape index (κ1) is 17.3. The number of amides is 3. The number of aryl methyl sites for hydroxylation is 2. The quantitative estimate of drug-likeness (QED) is 0.892. The van der Waals surface area contributed by atoms with Gasteiger partial charge in [0.25, 0.3) is 11.8 Å². The van der Waals surface area contributed by atoms with Crippen LogP contribution < -0.4 is 10.2 Å². The molecule has 1 fully saturated rings. The third-order valence-corrected chi connectivity index (χ3v) is 5.38. The average molecular weight is 363 g/mol. The Labute approximate surface area is 157 Å². The van der Waals surface area contributed by atoms with Crippen LogP contribution in [0.3, 0.4) is 0 Å². The molecule has 0 radical (unpaired) electrons. The summed E-state index contributed by atoms with van der Waals surface area (Å²) in [6.45, 7) is 3.91. The lowest BCUT2D eigenvalue weighted by molar-refractivity contribution is -0.128. The molecule has 0 aromatic heterocycles. The van der Waals surface area contributed by atoms with Crippen LogP contribution in [-0.4, -0.2) is 35.3 Å². The van der Waals surface area contributed by atoms with Crippen molar-refractivity contribution in [2.24, 2.45) is 0 Å². The molecule has 1 unspecified atom stereocenters. The van der Waals surface area contributed by atoms with Gasteiger partial charge in [-0.15, -0.1) is 0 Å². The molecule has 2 aliphatic rings. The summed E-state index contributed by atoms with van der Waals surface area (Å²) in [7, 11) is 1.59. The average Bonchev–Trinajstić information content (AvgIpc) is 2.97. The monoisotopic (exact) mass is 363 g/mol. The van der Waals surface area contributed by atoms with Gasteiger partial charge in [0.2, 0.25) is 11.6 Å². The predicted molar refractivity (Wildman–Crippen MR) is 103 cm³/mol. The van der Waals surface area contributed by atoms with E-state index in [2.05, 4.69) is 5.32 Å². The number of hydrogen-bond acceptors (Lipinski definition) is 3. The zero-order valence-corrected chi connectivity index (χ0v) is 15.6. The molecule has 3 amide bonds. The molecule has 2 heterocycles. The Morgan fingerprint density at radius 2 is 1.74 bits per heavy atom. The molecular weight excluding hydrogens is 342 g/mol. The van der Waals surface area contributed by atoms with Crippen LogP contribution >= 0.6 is 0 Å². The maximum atomic E-state index is 13.4. The van der Waals surface area contributed by atoms with E-state index in [4.69, 9.17) is 0 Å². The lowest BCUT2D eigenvalue weighted by Crippen LogP contribution is -2.68. The summed E-state index contributed by atoms with van der Waals surface area (Å²) < 4.78 is 0. The van der Waals surface area contributed by atoms with E-state index in [0.717, 1.165) is 11.1 Å². The second kappa shape index (κ2) is 5.94. The highest BCUT2D eigenvalue weighted by molar-refractivity contribution is 6.18. The Balaban J connectivity index is 1.81. The number of carbonyl (C=O) groups excluding carboxylic acids is 3. The van der Waals surface area contributed by atoms with Crippen LogP contribution in [0.25, 0.3) is 0 Å². The molecule has 2 aromatic carbocycles. The van der Waals surface area contributed by atoms with Gasteiger partial charge in [-0.2, -0.15) is 0 Å². The number of rotatable bonds is 2. The van der Waals surface area contributed by atoms with Crippen molar-refractivity contribution < 1.29 is 14.4 Å². The molecule has 0 bridgehead atoms. The third-order valence-electron chi connectivity index (χ3n) is 5.38. The maximum absolute atomic E-state index is 13.4. The highest BCUT2D eigenvalue weighted by Gasteiger charge is 2.59. The van der Waals surface area contributed by atoms with Gasteiger partial charge < -0.3 is 10.2 Å². The summed E-state index contributed by atoms with van der Waals surface area (Å²) in [6, 6.07) is 12.7. The lowest BCUT2D eigenvalue weighted by atomic mass is 9.96. The molecule has 1 N–H and O–H groups in total. The minimum atomic E-state index is -1.35. The number of benzene rings is 2. The summed E-state index contributed by atoms with van der Waals surface area (Å²) in [5, 5.41) is 2.93. The van der Waals surface area contributed by atoms with Gasteiger partial charge in [0.05, 0.1) is 11.3 Å². The van der Waals surface area contributed by atoms with Crippen LogP contribution in [-0.2, 0) is 9.59 Å². The summed E-state index contributed by atoms with van der Waals surface area (Å²) in [5.41, 5.74) is 2.30. The Bertz CT molecular complexity index is 964. The number of nitrogens with zero attached hydrogens (tertiary/aromatic N) is 2. The highest BCUT2D eigenvalue weighted by Crippen LogP contribution is 2.44. The number of fused-ring (bicyclic) bond motifs is 3. The maximum Gasteiger partial charge on any atom is 0.271 e. The summed E-state index contributed by atoms with van der Waals surface area (Å²) >= 11 is 0. The molecule has 4 rings (SSSR count). The molecular formula is C21H21N3O3. The van der Waals surface area contributed by atoms with Crippen molar-refractivity contribution in [3.05, 3.63) is 59.2 Å². The first-order chi connectivity index (χ1) is 12.8. The van der Waals surface area contributed by atoms with Crippen LogP contribution in [0.5, 0.6) is 0 Å². The smallest absolute Gasteiger partial charge is 0.271 e. The molecule has 0 spiro atoms. The molecule has 6 heteroatoms. The molecule has 6 nitrogen and oxygen atoms in total. The largest absolute Gasteiger partial charge is 0.322 e. The van der Waals surface area contributed by atoms with Crippen LogP contribution in [0, 0.1) is 13.8 Å². The zero-order chi connectivity index (χ0) is 19.3. The van der Waals surface area contributed by atoms with Crippen LogP contribution in [0.4, 0.5) is 11.4 Å². The Morgan fingerprint density at radius 3 is 2.44 bits per heavy atom. The minimum absolute atomic E-state index is 0.155. The number of likely N-dealkylation sites (N-methyl/N-ethyl adjacent to an activating group) is 1. The van der Waals surface area contributed by atoms with Crippen LogP contribution in [0.2, 0.25) is 0 Å². The molecule has 1 saturated heterocycles. The summed E-state index contributed by atoms with van der Waals surface area (Å²) in [4.78, 5) is 41.9. The van der Waals surface area contributed by atoms with Crippen molar-refractivity contribution in [2.45, 2.75) is 32.4 Å². The SMILES string of the molecule is Cc1cc(C)cc(NC(=O)C23CCC(=O)N2c2ccccc2C(=O)N3C)c1. The fourth-order valence-corrected chi connectivity index (χ4v) is 4.21. The molecule has 2 aliphatic heterocycles. The number of nitrogens with one attached hydrogen (secondary N) is 1. The Hall–Kier alpha value is -3.15. The fourth-order valence-electron chi connectivity index (χ4n) is 4.21. The second-order valence-corrected chi connectivity index (χ2v) is 7.26. The Morgan fingerprint density at radius 1 is 1.07 bits per heavy atom. The number of hydrogen-bond donors (Lipinski definition) is 1. The molecule has 2 aromatic rings. The number of para-hydroxylation sites is 1. The zero-order valence-electron chi connectivity index (χ0n) is 15.6. The van der Waals surface area contributed by atoms with Gasteiger partial charge in [0.1, 0.15) is 0 Å². The molecule has 27 heavy (non-hydrogen) atoms. The van der Waals surface area contributed by atoms with Gasteiger partial charge in [0, 0.05) is 25.6 Å². The number of anilines is 2. The lowest BCUT2D eigenvalue weighted by Gasteiger charge is -2.47. The van der Waals surface area contributed by atoms with Gasteiger partial charge in [0.15, 0.2) is 0 Å². The van der Waals surface area contributed by atoms with Crippen LogP contribution in [0.15, 0.2) is 42.5 Å². The van der Waals surface area contributed by atoms with Crippen molar-refractivity contribution in [3.8, 4) is 0 Å². The normalized spacial score (nSPS) is 21.1. The molecule has 0 saturated carbocycles. The van der Waals surface area contributed by atoms with Crippen molar-refractivity contribution in [3.63, 3.8) is 0 Å². The van der Waals surface area contributed by atoms with Crippen molar-refractivity contribution in [2.75, 3.05) is 17.3 Å².